The number of rotatable bonds is 5. The topological polar surface area (TPSA) is 33.1 Å². The summed E-state index contributed by atoms with van der Waals surface area (Å²) in [5.41, 5.74) is 1.26. The van der Waals surface area contributed by atoms with E-state index in [1.165, 1.54) is 56.8 Å². The van der Waals surface area contributed by atoms with Gasteiger partial charge in [-0.2, -0.15) is 0 Å². The van der Waals surface area contributed by atoms with E-state index in [0.29, 0.717) is 5.92 Å². The maximum atomic E-state index is 4.91. The number of nitrogens with one attached hydrogen (secondary N) is 1. The molecular formula is C16H28N4. The van der Waals surface area contributed by atoms with Crippen LogP contribution in [0.25, 0.3) is 0 Å². The summed E-state index contributed by atoms with van der Waals surface area (Å²) in [5, 5.41) is 3.46. The zero-order valence-electron chi connectivity index (χ0n) is 12.8. The first-order valence-electron chi connectivity index (χ1n) is 8.36. The monoisotopic (exact) mass is 276 g/mol. The number of aryl methyl sites for hydroxylation is 1. The van der Waals surface area contributed by atoms with Crippen LogP contribution in [0.5, 0.6) is 0 Å². The highest BCUT2D eigenvalue weighted by Crippen LogP contribution is 2.25. The molecule has 0 unspecified atom stereocenters. The van der Waals surface area contributed by atoms with Crippen molar-refractivity contribution in [2.75, 3.05) is 32.7 Å². The Morgan fingerprint density at radius 1 is 1.20 bits per heavy atom. The summed E-state index contributed by atoms with van der Waals surface area (Å²) in [4.78, 5) is 7.51. The van der Waals surface area contributed by atoms with E-state index in [-0.39, 0.29) is 0 Å². The van der Waals surface area contributed by atoms with E-state index < -0.39 is 0 Å². The van der Waals surface area contributed by atoms with Gasteiger partial charge in [-0.25, -0.2) is 4.98 Å². The molecule has 0 radical (unpaired) electrons. The Morgan fingerprint density at radius 2 is 1.95 bits per heavy atom. The average Bonchev–Trinajstić information content (AvgIpc) is 3.15. The molecular weight excluding hydrogens is 248 g/mol. The van der Waals surface area contributed by atoms with Crippen molar-refractivity contribution in [3.63, 3.8) is 0 Å². The lowest BCUT2D eigenvalue weighted by Crippen LogP contribution is -2.29. The predicted molar refractivity (Wildman–Crippen MR) is 82.1 cm³/mol. The number of nitrogens with zero attached hydrogens (tertiary/aromatic N) is 3. The normalized spacial score (nSPS) is 21.6. The highest BCUT2D eigenvalue weighted by atomic mass is 15.2. The summed E-state index contributed by atoms with van der Waals surface area (Å²) in [7, 11) is 0. The number of hydrogen-bond donors (Lipinski definition) is 1. The molecule has 4 heteroatoms. The van der Waals surface area contributed by atoms with Gasteiger partial charge in [0.15, 0.2) is 0 Å². The van der Waals surface area contributed by atoms with Crippen LogP contribution in [-0.2, 0) is 13.0 Å². The first kappa shape index (κ1) is 14.1. The summed E-state index contributed by atoms with van der Waals surface area (Å²) < 4.78 is 2.45. The number of likely N-dealkylation sites (tertiary alicyclic amines) is 1. The molecule has 1 aromatic heterocycles. The lowest BCUT2D eigenvalue weighted by atomic mass is 9.97. The molecule has 3 heterocycles. The molecule has 20 heavy (non-hydrogen) atoms. The second-order valence-corrected chi connectivity index (χ2v) is 6.21. The number of aromatic nitrogens is 2. The van der Waals surface area contributed by atoms with E-state index >= 15 is 0 Å². The van der Waals surface area contributed by atoms with Crippen LogP contribution >= 0.6 is 0 Å². The molecule has 0 bridgehead atoms. The highest BCUT2D eigenvalue weighted by molar-refractivity contribution is 5.09. The number of hydrogen-bond acceptors (Lipinski definition) is 3. The molecule has 2 aliphatic rings. The Hall–Kier alpha value is -0.870. The van der Waals surface area contributed by atoms with Gasteiger partial charge in [0.25, 0.3) is 0 Å². The first-order chi connectivity index (χ1) is 9.86. The number of piperidine rings is 1. The predicted octanol–water partition coefficient (Wildman–Crippen LogP) is 2.01. The van der Waals surface area contributed by atoms with Crippen LogP contribution in [-0.4, -0.2) is 47.2 Å². The minimum Gasteiger partial charge on any atom is -0.333 e. The van der Waals surface area contributed by atoms with Crippen molar-refractivity contribution in [1.82, 2.24) is 19.8 Å². The smallest absolute Gasteiger partial charge is 0.112 e. The minimum absolute atomic E-state index is 0.662. The zero-order chi connectivity index (χ0) is 13.8. The van der Waals surface area contributed by atoms with E-state index in [1.807, 2.05) is 0 Å². The Kier molecular flexibility index (Phi) is 4.73. The third kappa shape index (κ3) is 3.23. The lowest BCUT2D eigenvalue weighted by Gasteiger charge is -2.24. The van der Waals surface area contributed by atoms with Gasteiger partial charge in [0.1, 0.15) is 5.82 Å². The van der Waals surface area contributed by atoms with Gasteiger partial charge in [0.05, 0.1) is 5.69 Å². The highest BCUT2D eigenvalue weighted by Gasteiger charge is 2.21. The van der Waals surface area contributed by atoms with E-state index in [9.17, 15) is 0 Å². The van der Waals surface area contributed by atoms with Crippen molar-refractivity contribution in [2.45, 2.75) is 51.5 Å². The Morgan fingerprint density at radius 3 is 2.65 bits per heavy atom. The van der Waals surface area contributed by atoms with E-state index in [4.69, 9.17) is 4.98 Å². The molecule has 112 valence electrons. The summed E-state index contributed by atoms with van der Waals surface area (Å²) in [5.74, 6) is 2.01. The van der Waals surface area contributed by atoms with Gasteiger partial charge in [0.2, 0.25) is 0 Å². The van der Waals surface area contributed by atoms with Crippen molar-refractivity contribution in [3.05, 3.63) is 17.7 Å². The van der Waals surface area contributed by atoms with Crippen molar-refractivity contribution >= 4 is 0 Å². The molecule has 0 spiro atoms. The fourth-order valence-electron chi connectivity index (χ4n) is 3.50. The molecule has 2 aliphatic heterocycles. The van der Waals surface area contributed by atoms with Gasteiger partial charge in [-0.05, 0) is 58.3 Å². The van der Waals surface area contributed by atoms with Gasteiger partial charge in [-0.1, -0.05) is 6.92 Å². The molecule has 0 amide bonds. The van der Waals surface area contributed by atoms with Gasteiger partial charge >= 0.3 is 0 Å². The van der Waals surface area contributed by atoms with Crippen LogP contribution in [0.2, 0.25) is 0 Å². The van der Waals surface area contributed by atoms with E-state index in [1.54, 1.807) is 0 Å². The largest absolute Gasteiger partial charge is 0.333 e. The zero-order valence-corrected chi connectivity index (χ0v) is 12.8. The summed E-state index contributed by atoms with van der Waals surface area (Å²) >= 11 is 0. The van der Waals surface area contributed by atoms with Crippen molar-refractivity contribution in [1.29, 1.82) is 0 Å². The Bertz CT molecular complexity index is 414. The molecule has 0 aliphatic carbocycles. The molecule has 1 aromatic rings. The van der Waals surface area contributed by atoms with Crippen LogP contribution < -0.4 is 5.32 Å². The van der Waals surface area contributed by atoms with Crippen LogP contribution in [0.1, 0.15) is 50.0 Å². The molecule has 1 N–H and O–H groups in total. The molecule has 0 aromatic carbocycles. The van der Waals surface area contributed by atoms with E-state index in [0.717, 1.165) is 26.1 Å². The van der Waals surface area contributed by atoms with Gasteiger partial charge in [-0.15, -0.1) is 0 Å². The van der Waals surface area contributed by atoms with Crippen molar-refractivity contribution < 1.29 is 0 Å². The molecule has 0 saturated carbocycles. The maximum Gasteiger partial charge on any atom is 0.112 e. The second kappa shape index (κ2) is 6.72. The van der Waals surface area contributed by atoms with Gasteiger partial charge in [0, 0.05) is 25.2 Å². The third-order valence-corrected chi connectivity index (χ3v) is 4.78. The third-order valence-electron chi connectivity index (χ3n) is 4.78. The summed E-state index contributed by atoms with van der Waals surface area (Å²) in [6.07, 6.45) is 8.59. The quantitative estimate of drug-likeness (QED) is 0.893. The lowest BCUT2D eigenvalue weighted by molar-refractivity contribution is 0.316. The molecule has 2 saturated heterocycles. The second-order valence-electron chi connectivity index (χ2n) is 6.21. The summed E-state index contributed by atoms with van der Waals surface area (Å²) in [6, 6.07) is 0. The number of imidazole rings is 1. The van der Waals surface area contributed by atoms with Crippen LogP contribution in [0.4, 0.5) is 0 Å². The maximum absolute atomic E-state index is 4.91. The average molecular weight is 276 g/mol. The molecule has 3 rings (SSSR count). The molecule has 0 atom stereocenters. The summed E-state index contributed by atoms with van der Waals surface area (Å²) in [6.45, 7) is 9.38. The van der Waals surface area contributed by atoms with Crippen LogP contribution in [0, 0.1) is 0 Å². The Labute approximate surface area is 122 Å². The molecule has 4 nitrogen and oxygen atoms in total. The minimum atomic E-state index is 0.662. The fraction of sp³-hybridized carbons (Fsp3) is 0.812. The fourth-order valence-corrected chi connectivity index (χ4v) is 3.50. The van der Waals surface area contributed by atoms with Gasteiger partial charge < -0.3 is 14.8 Å². The SMILES string of the molecule is CCc1cn(CCN2CCCC2)c(C2CCNCC2)n1. The van der Waals surface area contributed by atoms with Gasteiger partial charge in [-0.3, -0.25) is 0 Å². The van der Waals surface area contributed by atoms with E-state index in [2.05, 4.69) is 27.9 Å². The van der Waals surface area contributed by atoms with Crippen LogP contribution in [0.15, 0.2) is 6.20 Å². The Balaban J connectivity index is 1.68. The van der Waals surface area contributed by atoms with Crippen molar-refractivity contribution in [3.8, 4) is 0 Å². The van der Waals surface area contributed by atoms with Crippen molar-refractivity contribution in [2.24, 2.45) is 0 Å². The standard InChI is InChI=1S/C16H28N4/c1-2-15-13-20(12-11-19-9-3-4-10-19)16(18-15)14-5-7-17-8-6-14/h13-14,17H,2-12H2,1H3. The molecule has 2 fully saturated rings. The van der Waals surface area contributed by atoms with Crippen LogP contribution in [0.3, 0.4) is 0 Å². The first-order valence-corrected chi connectivity index (χ1v) is 8.36.